The predicted octanol–water partition coefficient (Wildman–Crippen LogP) is 1.10. The van der Waals surface area contributed by atoms with Gasteiger partial charge in [-0.2, -0.15) is 16.1 Å². The van der Waals surface area contributed by atoms with E-state index in [1.165, 1.54) is 7.11 Å². The van der Waals surface area contributed by atoms with Gasteiger partial charge in [0.05, 0.1) is 18.3 Å². The summed E-state index contributed by atoms with van der Waals surface area (Å²) in [6, 6.07) is 0.0163. The van der Waals surface area contributed by atoms with E-state index < -0.39 is 21.2 Å². The summed E-state index contributed by atoms with van der Waals surface area (Å²) in [6.07, 6.45) is 1.96. The van der Waals surface area contributed by atoms with E-state index in [2.05, 4.69) is 0 Å². The fourth-order valence-corrected chi connectivity index (χ4v) is 6.59. The van der Waals surface area contributed by atoms with Crippen molar-refractivity contribution in [1.29, 1.82) is 0 Å². The molecule has 2 aliphatic rings. The minimum absolute atomic E-state index is 0.0163. The summed E-state index contributed by atoms with van der Waals surface area (Å²) in [5.41, 5.74) is 0. The van der Waals surface area contributed by atoms with Gasteiger partial charge in [0.25, 0.3) is 0 Å². The average molecular weight is 307 g/mol. The highest BCUT2D eigenvalue weighted by molar-refractivity contribution is 7.99. The second-order valence-corrected chi connectivity index (χ2v) is 8.43. The van der Waals surface area contributed by atoms with Gasteiger partial charge in [-0.1, -0.05) is 6.42 Å². The molecule has 0 spiro atoms. The Labute approximate surface area is 119 Å². The first-order valence-corrected chi connectivity index (χ1v) is 9.30. The number of carbonyl (C=O) groups excluding carboxylic acids is 1. The highest BCUT2D eigenvalue weighted by Gasteiger charge is 2.46. The molecule has 3 unspecified atom stereocenters. The zero-order valence-electron chi connectivity index (χ0n) is 11.4. The molecule has 0 amide bonds. The fourth-order valence-electron chi connectivity index (χ4n) is 2.97. The Morgan fingerprint density at radius 1 is 1.37 bits per heavy atom. The van der Waals surface area contributed by atoms with Gasteiger partial charge in [-0.15, -0.1) is 0 Å². The molecule has 3 atom stereocenters. The van der Waals surface area contributed by atoms with Gasteiger partial charge >= 0.3 is 5.97 Å². The molecule has 5 nitrogen and oxygen atoms in total. The van der Waals surface area contributed by atoms with Gasteiger partial charge < -0.3 is 4.74 Å². The molecular formula is C12H21NO4S2. The summed E-state index contributed by atoms with van der Waals surface area (Å²) < 4.78 is 31.8. The highest BCUT2D eigenvalue weighted by Crippen LogP contribution is 2.35. The maximum atomic E-state index is 12.7. The summed E-state index contributed by atoms with van der Waals surface area (Å²) in [7, 11) is -2.07. The smallest absolute Gasteiger partial charge is 0.310 e. The van der Waals surface area contributed by atoms with Gasteiger partial charge in [0.15, 0.2) is 0 Å². The first-order chi connectivity index (χ1) is 8.98. The predicted molar refractivity (Wildman–Crippen MR) is 75.6 cm³/mol. The van der Waals surface area contributed by atoms with E-state index in [-0.39, 0.29) is 12.0 Å². The summed E-state index contributed by atoms with van der Waals surface area (Å²) in [5.74, 6) is 0.787. The van der Waals surface area contributed by atoms with Crippen LogP contribution in [0.2, 0.25) is 0 Å². The maximum absolute atomic E-state index is 12.7. The van der Waals surface area contributed by atoms with Crippen LogP contribution in [-0.4, -0.2) is 55.1 Å². The zero-order valence-corrected chi connectivity index (χ0v) is 13.0. The maximum Gasteiger partial charge on any atom is 0.310 e. The van der Waals surface area contributed by atoms with Crippen molar-refractivity contribution >= 4 is 27.8 Å². The second-order valence-electron chi connectivity index (χ2n) is 5.18. The Kier molecular flexibility index (Phi) is 4.79. The number of thioether (sulfide) groups is 1. The van der Waals surface area contributed by atoms with E-state index in [1.807, 2.05) is 6.92 Å². The van der Waals surface area contributed by atoms with Crippen LogP contribution in [0, 0.1) is 5.92 Å². The first-order valence-electron chi connectivity index (χ1n) is 6.64. The molecule has 2 fully saturated rings. The molecule has 19 heavy (non-hydrogen) atoms. The van der Waals surface area contributed by atoms with Crippen molar-refractivity contribution < 1.29 is 17.9 Å². The molecule has 0 aromatic carbocycles. The molecule has 110 valence electrons. The number of rotatable bonds is 3. The molecule has 0 aromatic rings. The van der Waals surface area contributed by atoms with Crippen molar-refractivity contribution in [2.75, 3.05) is 25.2 Å². The highest BCUT2D eigenvalue weighted by atomic mass is 32.2. The molecule has 1 saturated heterocycles. The van der Waals surface area contributed by atoms with Crippen molar-refractivity contribution in [2.45, 2.75) is 37.5 Å². The standard InChI is InChI=1S/C12H21NO4S2/c1-9-8-18-7-6-13(9)19(15,16)11-5-3-4-10(11)12(14)17-2/h9-11H,3-8H2,1-2H3. The second kappa shape index (κ2) is 6.01. The quantitative estimate of drug-likeness (QED) is 0.731. The largest absolute Gasteiger partial charge is 0.469 e. The Balaban J connectivity index is 2.20. The van der Waals surface area contributed by atoms with E-state index in [4.69, 9.17) is 4.74 Å². The molecule has 1 heterocycles. The van der Waals surface area contributed by atoms with Crippen LogP contribution in [0.1, 0.15) is 26.2 Å². The third-order valence-electron chi connectivity index (χ3n) is 3.97. The number of hydrogen-bond donors (Lipinski definition) is 0. The van der Waals surface area contributed by atoms with Crippen molar-refractivity contribution in [3.63, 3.8) is 0 Å². The lowest BCUT2D eigenvalue weighted by Gasteiger charge is -2.35. The van der Waals surface area contributed by atoms with Crippen LogP contribution in [0.3, 0.4) is 0 Å². The van der Waals surface area contributed by atoms with E-state index in [0.29, 0.717) is 19.4 Å². The molecule has 1 aliphatic carbocycles. The number of ether oxygens (including phenoxy) is 1. The summed E-state index contributed by atoms with van der Waals surface area (Å²) >= 11 is 1.78. The Bertz CT molecular complexity index is 437. The van der Waals surface area contributed by atoms with Crippen LogP contribution < -0.4 is 0 Å². The fraction of sp³-hybridized carbons (Fsp3) is 0.917. The summed E-state index contributed by atoms with van der Waals surface area (Å²) in [6.45, 7) is 2.49. The first kappa shape index (κ1) is 15.1. The SMILES string of the molecule is COC(=O)C1CCCC1S(=O)(=O)N1CCSCC1C. The van der Waals surface area contributed by atoms with Crippen molar-refractivity contribution in [1.82, 2.24) is 4.31 Å². The minimum Gasteiger partial charge on any atom is -0.469 e. The summed E-state index contributed by atoms with van der Waals surface area (Å²) in [4.78, 5) is 11.7. The molecular weight excluding hydrogens is 286 g/mol. The third-order valence-corrected chi connectivity index (χ3v) is 7.69. The monoisotopic (exact) mass is 307 g/mol. The molecule has 0 radical (unpaired) electrons. The molecule has 0 bridgehead atoms. The van der Waals surface area contributed by atoms with Crippen LogP contribution >= 0.6 is 11.8 Å². The van der Waals surface area contributed by atoms with Gasteiger partial charge in [0, 0.05) is 24.1 Å². The van der Waals surface area contributed by atoms with Gasteiger partial charge in [0.2, 0.25) is 10.0 Å². The van der Waals surface area contributed by atoms with Gasteiger partial charge in [-0.05, 0) is 19.8 Å². The van der Waals surface area contributed by atoms with Gasteiger partial charge in [-0.3, -0.25) is 4.79 Å². The van der Waals surface area contributed by atoms with Gasteiger partial charge in [0.1, 0.15) is 0 Å². The topological polar surface area (TPSA) is 63.7 Å². The van der Waals surface area contributed by atoms with Crippen molar-refractivity contribution in [3.05, 3.63) is 0 Å². The lowest BCUT2D eigenvalue weighted by Crippen LogP contribution is -2.50. The Morgan fingerprint density at radius 2 is 2.11 bits per heavy atom. The Morgan fingerprint density at radius 3 is 2.74 bits per heavy atom. The number of sulfonamides is 1. The number of carbonyl (C=O) groups is 1. The molecule has 2 rings (SSSR count). The van der Waals surface area contributed by atoms with E-state index in [9.17, 15) is 13.2 Å². The summed E-state index contributed by atoms with van der Waals surface area (Å²) in [5, 5.41) is -0.592. The van der Waals surface area contributed by atoms with E-state index in [0.717, 1.165) is 17.9 Å². The molecule has 0 aromatic heterocycles. The molecule has 7 heteroatoms. The minimum atomic E-state index is -3.40. The van der Waals surface area contributed by atoms with Crippen LogP contribution in [0.25, 0.3) is 0 Å². The van der Waals surface area contributed by atoms with E-state index >= 15 is 0 Å². The van der Waals surface area contributed by atoms with Crippen LogP contribution in [0.15, 0.2) is 0 Å². The van der Waals surface area contributed by atoms with Crippen LogP contribution in [-0.2, 0) is 19.6 Å². The van der Waals surface area contributed by atoms with Crippen LogP contribution in [0.5, 0.6) is 0 Å². The third kappa shape index (κ3) is 2.92. The normalized spacial score (nSPS) is 33.3. The Hall–Kier alpha value is -0.270. The molecule has 0 N–H and O–H groups in total. The lowest BCUT2D eigenvalue weighted by atomic mass is 10.1. The average Bonchev–Trinajstić information content (AvgIpc) is 2.88. The molecule has 1 aliphatic heterocycles. The van der Waals surface area contributed by atoms with Crippen molar-refractivity contribution in [2.24, 2.45) is 5.92 Å². The van der Waals surface area contributed by atoms with E-state index in [1.54, 1.807) is 16.1 Å². The molecule has 1 saturated carbocycles. The van der Waals surface area contributed by atoms with Gasteiger partial charge in [-0.25, -0.2) is 8.42 Å². The zero-order chi connectivity index (χ0) is 14.0. The number of esters is 1. The van der Waals surface area contributed by atoms with Crippen molar-refractivity contribution in [3.8, 4) is 0 Å². The number of methoxy groups -OCH3 is 1. The number of hydrogen-bond acceptors (Lipinski definition) is 5. The number of nitrogens with zero attached hydrogens (tertiary/aromatic N) is 1. The lowest BCUT2D eigenvalue weighted by molar-refractivity contribution is -0.145. The van der Waals surface area contributed by atoms with Crippen LogP contribution in [0.4, 0.5) is 0 Å².